The van der Waals surface area contributed by atoms with Gasteiger partial charge >= 0.3 is 0 Å². The van der Waals surface area contributed by atoms with Crippen LogP contribution in [0.25, 0.3) is 12.2 Å². The molecule has 0 unspecified atom stereocenters. The van der Waals surface area contributed by atoms with E-state index in [0.717, 1.165) is 17.8 Å². The number of nitrogens with one attached hydrogen (secondary N) is 1. The zero-order valence-electron chi connectivity index (χ0n) is 7.54. The second kappa shape index (κ2) is 4.54. The van der Waals surface area contributed by atoms with Crippen molar-refractivity contribution in [2.45, 2.75) is 20.3 Å². The largest absolute Gasteiger partial charge is 0.345 e. The Morgan fingerprint density at radius 3 is 2.83 bits per heavy atom. The van der Waals surface area contributed by atoms with Crippen molar-refractivity contribution >= 4 is 12.2 Å². The van der Waals surface area contributed by atoms with Gasteiger partial charge in [-0.3, -0.25) is 0 Å². The number of imidazole rings is 1. The molecule has 1 N–H and O–H groups in total. The van der Waals surface area contributed by atoms with E-state index in [2.05, 4.69) is 28.2 Å². The first-order valence-corrected chi connectivity index (χ1v) is 4.33. The quantitative estimate of drug-likeness (QED) is 0.624. The van der Waals surface area contributed by atoms with Crippen molar-refractivity contribution in [3.8, 4) is 0 Å². The van der Waals surface area contributed by atoms with Crippen LogP contribution < -0.4 is 0 Å². The first kappa shape index (κ1) is 8.78. The highest BCUT2D eigenvalue weighted by molar-refractivity contribution is 5.61. The lowest BCUT2D eigenvalue weighted by Gasteiger charge is -1.83. The molecule has 0 saturated heterocycles. The van der Waals surface area contributed by atoms with Crippen molar-refractivity contribution in [1.29, 1.82) is 0 Å². The summed E-state index contributed by atoms with van der Waals surface area (Å²) < 4.78 is 0. The summed E-state index contributed by atoms with van der Waals surface area (Å²) in [4.78, 5) is 7.17. The van der Waals surface area contributed by atoms with Crippen LogP contribution in [0.15, 0.2) is 18.5 Å². The van der Waals surface area contributed by atoms with Gasteiger partial charge in [-0.2, -0.15) is 0 Å². The summed E-state index contributed by atoms with van der Waals surface area (Å²) in [5.41, 5.74) is 2.14. The summed E-state index contributed by atoms with van der Waals surface area (Å²) in [6, 6.07) is 0. The van der Waals surface area contributed by atoms with E-state index < -0.39 is 0 Å². The molecule has 0 amide bonds. The van der Waals surface area contributed by atoms with Crippen LogP contribution in [0.5, 0.6) is 0 Å². The van der Waals surface area contributed by atoms with E-state index in [1.54, 1.807) is 6.33 Å². The zero-order chi connectivity index (χ0) is 8.81. The van der Waals surface area contributed by atoms with Crippen molar-refractivity contribution in [2.24, 2.45) is 0 Å². The molecular weight excluding hydrogens is 148 g/mol. The fourth-order valence-corrected chi connectivity index (χ4v) is 1.03. The molecule has 0 spiro atoms. The summed E-state index contributed by atoms with van der Waals surface area (Å²) in [5, 5.41) is 0. The average molecular weight is 162 g/mol. The topological polar surface area (TPSA) is 28.7 Å². The monoisotopic (exact) mass is 162 g/mol. The Bertz CT molecular complexity index is 255. The smallest absolute Gasteiger partial charge is 0.0931 e. The van der Waals surface area contributed by atoms with E-state index in [1.807, 2.05) is 19.9 Å². The summed E-state index contributed by atoms with van der Waals surface area (Å²) in [6.07, 6.45) is 11.0. The van der Waals surface area contributed by atoms with Crippen LogP contribution in [0.1, 0.15) is 31.7 Å². The molecule has 0 radical (unpaired) electrons. The molecule has 1 aromatic rings. The van der Waals surface area contributed by atoms with E-state index in [4.69, 9.17) is 0 Å². The van der Waals surface area contributed by atoms with Gasteiger partial charge < -0.3 is 4.98 Å². The number of rotatable bonds is 0. The van der Waals surface area contributed by atoms with Crippen LogP contribution in [-0.2, 0) is 0 Å². The predicted octanol–water partition coefficient (Wildman–Crippen LogP) is 2.87. The maximum Gasteiger partial charge on any atom is 0.0931 e. The number of allylic oxidation sites excluding steroid dienone is 2. The fraction of sp³-hybridized carbons (Fsp3) is 0.300. The van der Waals surface area contributed by atoms with Gasteiger partial charge in [-0.1, -0.05) is 26.0 Å². The molecule has 0 bridgehead atoms. The number of H-pyrrole nitrogens is 1. The lowest BCUT2D eigenvalue weighted by molar-refractivity contribution is 1.29. The molecule has 64 valence electrons. The molecular formula is C10H14N2. The van der Waals surface area contributed by atoms with E-state index in [0.29, 0.717) is 0 Å². The minimum atomic E-state index is 1.00. The number of hydrogen-bond donors (Lipinski definition) is 1. The number of hydrogen-bond acceptors (Lipinski definition) is 1. The molecule has 0 atom stereocenters. The summed E-state index contributed by atoms with van der Waals surface area (Å²) in [6.45, 7) is 4.00. The highest BCUT2D eigenvalue weighted by Crippen LogP contribution is 2.11. The van der Waals surface area contributed by atoms with Crippen molar-refractivity contribution in [3.63, 3.8) is 0 Å². The number of fused-ring (bicyclic) bond motifs is 1. The number of aromatic amines is 1. The van der Waals surface area contributed by atoms with Crippen LogP contribution in [0.3, 0.4) is 0 Å². The summed E-state index contributed by atoms with van der Waals surface area (Å²) in [7, 11) is 0. The van der Waals surface area contributed by atoms with Gasteiger partial charge in [-0.25, -0.2) is 4.98 Å². The molecule has 12 heavy (non-hydrogen) atoms. The van der Waals surface area contributed by atoms with Crippen molar-refractivity contribution < 1.29 is 0 Å². The van der Waals surface area contributed by atoms with Crippen molar-refractivity contribution in [2.75, 3.05) is 0 Å². The Balaban J connectivity index is 0.000000336. The SMILES string of the molecule is C1=Cc2nc[nH]c2C=CC1.CC. The fourth-order valence-electron chi connectivity index (χ4n) is 1.03. The summed E-state index contributed by atoms with van der Waals surface area (Å²) in [5.74, 6) is 0. The minimum Gasteiger partial charge on any atom is -0.345 e. The standard InChI is InChI=1S/C8H8N2.C2H6/c1-2-4-7-8(5-3-1)10-6-9-7;1-2/h2-6H,1H2,(H,9,10);1-2H3. The molecule has 2 heteroatoms. The number of nitrogens with zero attached hydrogens (tertiary/aromatic N) is 1. The molecule has 2 nitrogen and oxygen atoms in total. The molecule has 2 rings (SSSR count). The first-order valence-electron chi connectivity index (χ1n) is 4.33. The maximum absolute atomic E-state index is 4.12. The first-order chi connectivity index (χ1) is 5.97. The maximum atomic E-state index is 4.12. The van der Waals surface area contributed by atoms with Crippen LogP contribution in [0.2, 0.25) is 0 Å². The molecule has 1 aliphatic rings. The third kappa shape index (κ3) is 1.84. The van der Waals surface area contributed by atoms with E-state index in [1.165, 1.54) is 0 Å². The summed E-state index contributed by atoms with van der Waals surface area (Å²) >= 11 is 0. The van der Waals surface area contributed by atoms with Crippen LogP contribution in [0.4, 0.5) is 0 Å². The van der Waals surface area contributed by atoms with Crippen molar-refractivity contribution in [1.82, 2.24) is 9.97 Å². The van der Waals surface area contributed by atoms with Crippen LogP contribution >= 0.6 is 0 Å². The Labute approximate surface area is 73.0 Å². The van der Waals surface area contributed by atoms with Gasteiger partial charge in [-0.15, -0.1) is 0 Å². The van der Waals surface area contributed by atoms with Gasteiger partial charge in [-0.05, 0) is 18.6 Å². The molecule has 1 aromatic heterocycles. The molecule has 0 aromatic carbocycles. The normalized spacial score (nSPS) is 12.8. The van der Waals surface area contributed by atoms with Gasteiger partial charge in [0.25, 0.3) is 0 Å². The lowest BCUT2D eigenvalue weighted by Crippen LogP contribution is -1.73. The predicted molar refractivity (Wildman–Crippen MR) is 52.6 cm³/mol. The van der Waals surface area contributed by atoms with E-state index in [-0.39, 0.29) is 0 Å². The van der Waals surface area contributed by atoms with E-state index >= 15 is 0 Å². The second-order valence-electron chi connectivity index (χ2n) is 2.24. The van der Waals surface area contributed by atoms with Gasteiger partial charge in [0.05, 0.1) is 17.7 Å². The van der Waals surface area contributed by atoms with Gasteiger partial charge in [0, 0.05) is 0 Å². The Morgan fingerprint density at radius 1 is 1.25 bits per heavy atom. The van der Waals surface area contributed by atoms with Gasteiger partial charge in [0.15, 0.2) is 0 Å². The highest BCUT2D eigenvalue weighted by atomic mass is 14.9. The number of aromatic nitrogens is 2. The highest BCUT2D eigenvalue weighted by Gasteiger charge is 1.98. The third-order valence-electron chi connectivity index (χ3n) is 1.53. The third-order valence-corrected chi connectivity index (χ3v) is 1.53. The lowest BCUT2D eigenvalue weighted by atomic mass is 10.3. The minimum absolute atomic E-state index is 1.00. The van der Waals surface area contributed by atoms with Crippen LogP contribution in [-0.4, -0.2) is 9.97 Å². The second-order valence-corrected chi connectivity index (χ2v) is 2.24. The molecule has 1 heterocycles. The average Bonchev–Trinajstić information content (AvgIpc) is 2.46. The van der Waals surface area contributed by atoms with E-state index in [9.17, 15) is 0 Å². The Morgan fingerprint density at radius 2 is 2.00 bits per heavy atom. The van der Waals surface area contributed by atoms with Gasteiger partial charge in [0.2, 0.25) is 0 Å². The Hall–Kier alpha value is -1.31. The van der Waals surface area contributed by atoms with Gasteiger partial charge in [0.1, 0.15) is 0 Å². The molecule has 0 fully saturated rings. The molecule has 0 aliphatic heterocycles. The Kier molecular flexibility index (Phi) is 3.33. The molecule has 1 aliphatic carbocycles. The zero-order valence-corrected chi connectivity index (χ0v) is 7.54. The molecule has 0 saturated carbocycles. The van der Waals surface area contributed by atoms with Crippen LogP contribution in [0, 0.1) is 0 Å². The van der Waals surface area contributed by atoms with Crippen molar-refractivity contribution in [3.05, 3.63) is 29.9 Å².